The quantitative estimate of drug-likeness (QED) is 0.338. The normalized spacial score (nSPS) is 10.9. The number of amides is 1. The van der Waals surface area contributed by atoms with Crippen molar-refractivity contribution in [2.24, 2.45) is 0 Å². The summed E-state index contributed by atoms with van der Waals surface area (Å²) in [5.41, 5.74) is 4.22. The van der Waals surface area contributed by atoms with Crippen molar-refractivity contribution >= 4 is 23.2 Å². The Hall–Kier alpha value is -3.71. The predicted molar refractivity (Wildman–Crippen MR) is 131 cm³/mol. The average molecular weight is 480 g/mol. The lowest BCUT2D eigenvalue weighted by Gasteiger charge is -2.08. The van der Waals surface area contributed by atoms with Crippen LogP contribution in [-0.2, 0) is 13.2 Å². The van der Waals surface area contributed by atoms with Crippen LogP contribution in [0.3, 0.4) is 0 Å². The lowest BCUT2D eigenvalue weighted by Crippen LogP contribution is -2.12. The van der Waals surface area contributed by atoms with Crippen LogP contribution in [0.4, 0.5) is 5.69 Å². The molecule has 0 saturated carbocycles. The van der Waals surface area contributed by atoms with Gasteiger partial charge in [-0.05, 0) is 74.4 Å². The second-order valence-corrected chi connectivity index (χ2v) is 8.38. The molecule has 0 spiro atoms. The molecule has 7 nitrogen and oxygen atoms in total. The third kappa shape index (κ3) is 5.26. The van der Waals surface area contributed by atoms with Gasteiger partial charge in [-0.1, -0.05) is 23.7 Å². The minimum Gasteiger partial charge on any atom is -0.497 e. The minimum absolute atomic E-state index is 0.199. The van der Waals surface area contributed by atoms with E-state index >= 15 is 0 Å². The first kappa shape index (κ1) is 23.4. The van der Waals surface area contributed by atoms with Gasteiger partial charge in [0.05, 0.1) is 30.7 Å². The van der Waals surface area contributed by atoms with Gasteiger partial charge in [-0.2, -0.15) is 5.10 Å². The van der Waals surface area contributed by atoms with Gasteiger partial charge in [-0.15, -0.1) is 0 Å². The first-order valence-electron chi connectivity index (χ1n) is 10.8. The Morgan fingerprint density at radius 1 is 1.09 bits per heavy atom. The summed E-state index contributed by atoms with van der Waals surface area (Å²) in [7, 11) is 1.64. The van der Waals surface area contributed by atoms with Crippen LogP contribution < -0.4 is 14.8 Å². The standard InChI is InChI=1S/C26H26ClN3O4/c1-16-12-21(8-10-23(16)27)33-15-22-9-11-24(34-22)26(31)28-25-17(2)29-30(18(25)3)14-19-6-5-7-20(13-19)32-4/h5-13H,14-15H2,1-4H3,(H,28,31). The molecule has 0 atom stereocenters. The molecule has 0 bridgehead atoms. The highest BCUT2D eigenvalue weighted by Gasteiger charge is 2.18. The Morgan fingerprint density at radius 2 is 1.91 bits per heavy atom. The summed E-state index contributed by atoms with van der Waals surface area (Å²) < 4.78 is 18.6. The second kappa shape index (κ2) is 10.1. The van der Waals surface area contributed by atoms with Crippen molar-refractivity contribution in [3.8, 4) is 11.5 Å². The number of anilines is 1. The van der Waals surface area contributed by atoms with Crippen molar-refractivity contribution in [2.45, 2.75) is 33.9 Å². The molecular weight excluding hydrogens is 454 g/mol. The highest BCUT2D eigenvalue weighted by molar-refractivity contribution is 6.31. The summed E-state index contributed by atoms with van der Waals surface area (Å²) in [5.74, 6) is 1.86. The van der Waals surface area contributed by atoms with Crippen molar-refractivity contribution in [2.75, 3.05) is 12.4 Å². The van der Waals surface area contributed by atoms with E-state index in [-0.39, 0.29) is 18.3 Å². The molecule has 0 radical (unpaired) electrons. The summed E-state index contributed by atoms with van der Waals surface area (Å²) in [6.45, 7) is 6.45. The predicted octanol–water partition coefficient (Wildman–Crippen LogP) is 5.94. The maximum Gasteiger partial charge on any atom is 0.291 e. The molecule has 2 aromatic heterocycles. The van der Waals surface area contributed by atoms with Crippen molar-refractivity contribution in [1.29, 1.82) is 0 Å². The topological polar surface area (TPSA) is 78.5 Å². The smallest absolute Gasteiger partial charge is 0.291 e. The van der Waals surface area contributed by atoms with Crippen molar-refractivity contribution in [1.82, 2.24) is 9.78 Å². The van der Waals surface area contributed by atoms with Crippen molar-refractivity contribution in [3.05, 3.63) is 93.7 Å². The average Bonchev–Trinajstić information content (AvgIpc) is 3.40. The third-order valence-electron chi connectivity index (χ3n) is 5.48. The van der Waals surface area contributed by atoms with Gasteiger partial charge in [0.25, 0.3) is 5.91 Å². The highest BCUT2D eigenvalue weighted by atomic mass is 35.5. The molecule has 176 valence electrons. The molecular formula is C26H26ClN3O4. The summed E-state index contributed by atoms with van der Waals surface area (Å²) >= 11 is 6.05. The number of nitrogens with one attached hydrogen (secondary N) is 1. The van der Waals surface area contributed by atoms with Gasteiger partial charge in [0.2, 0.25) is 0 Å². The van der Waals surface area contributed by atoms with Crippen LogP contribution in [-0.4, -0.2) is 22.8 Å². The molecule has 1 N–H and O–H groups in total. The number of furan rings is 1. The molecule has 2 heterocycles. The number of hydrogen-bond donors (Lipinski definition) is 1. The van der Waals surface area contributed by atoms with E-state index in [1.165, 1.54) is 0 Å². The van der Waals surface area contributed by atoms with Gasteiger partial charge >= 0.3 is 0 Å². The molecule has 1 amide bonds. The van der Waals surface area contributed by atoms with Crippen LogP contribution in [0.25, 0.3) is 0 Å². The monoisotopic (exact) mass is 479 g/mol. The van der Waals surface area contributed by atoms with E-state index in [1.54, 1.807) is 31.4 Å². The molecule has 0 aliphatic rings. The number of halogens is 1. The molecule has 8 heteroatoms. The fourth-order valence-electron chi connectivity index (χ4n) is 3.59. The number of benzene rings is 2. The number of aromatic nitrogens is 2. The lowest BCUT2D eigenvalue weighted by atomic mass is 10.2. The van der Waals surface area contributed by atoms with Crippen LogP contribution in [0.15, 0.2) is 59.0 Å². The zero-order valence-corrected chi connectivity index (χ0v) is 20.3. The van der Waals surface area contributed by atoms with E-state index in [9.17, 15) is 4.79 Å². The van der Waals surface area contributed by atoms with E-state index in [0.29, 0.717) is 28.8 Å². The molecule has 4 rings (SSSR count). The summed E-state index contributed by atoms with van der Waals surface area (Å²) in [5, 5.41) is 8.20. The van der Waals surface area contributed by atoms with Crippen LogP contribution in [0.1, 0.15) is 38.8 Å². The summed E-state index contributed by atoms with van der Waals surface area (Å²) in [4.78, 5) is 12.8. The number of carbonyl (C=O) groups is 1. The van der Waals surface area contributed by atoms with E-state index in [2.05, 4.69) is 10.4 Å². The minimum atomic E-state index is -0.347. The van der Waals surface area contributed by atoms with Crippen molar-refractivity contribution < 1.29 is 18.7 Å². The number of rotatable bonds is 8. The van der Waals surface area contributed by atoms with Gasteiger partial charge < -0.3 is 19.2 Å². The zero-order chi connectivity index (χ0) is 24.2. The Kier molecular flexibility index (Phi) is 6.93. The number of methoxy groups -OCH3 is 1. The first-order valence-corrected chi connectivity index (χ1v) is 11.2. The van der Waals surface area contributed by atoms with Crippen LogP contribution in [0, 0.1) is 20.8 Å². The molecule has 34 heavy (non-hydrogen) atoms. The van der Waals surface area contributed by atoms with Crippen LogP contribution in [0.2, 0.25) is 5.02 Å². The zero-order valence-electron chi connectivity index (χ0n) is 19.5. The third-order valence-corrected chi connectivity index (χ3v) is 5.91. The molecule has 2 aromatic carbocycles. The Balaban J connectivity index is 1.41. The number of aryl methyl sites for hydroxylation is 2. The number of ether oxygens (including phenoxy) is 2. The Morgan fingerprint density at radius 3 is 2.68 bits per heavy atom. The van der Waals surface area contributed by atoms with Crippen LogP contribution in [0.5, 0.6) is 11.5 Å². The first-order chi connectivity index (χ1) is 16.3. The van der Waals surface area contributed by atoms with Gasteiger partial charge in [0.1, 0.15) is 23.9 Å². The lowest BCUT2D eigenvalue weighted by molar-refractivity contribution is 0.0992. The molecule has 0 fully saturated rings. The fraction of sp³-hybridized carbons (Fsp3) is 0.231. The van der Waals surface area contributed by atoms with Gasteiger partial charge in [0.15, 0.2) is 5.76 Å². The SMILES string of the molecule is COc1cccc(Cn2nc(C)c(NC(=O)c3ccc(COc4ccc(Cl)c(C)c4)o3)c2C)c1. The largest absolute Gasteiger partial charge is 0.497 e. The van der Waals surface area contributed by atoms with E-state index in [4.69, 9.17) is 25.5 Å². The van der Waals surface area contributed by atoms with E-state index in [0.717, 1.165) is 28.3 Å². The molecule has 0 aliphatic carbocycles. The number of hydrogen-bond acceptors (Lipinski definition) is 5. The summed E-state index contributed by atoms with van der Waals surface area (Å²) in [6.07, 6.45) is 0. The van der Waals surface area contributed by atoms with E-state index < -0.39 is 0 Å². The molecule has 0 unspecified atom stereocenters. The Labute approximate surface area is 203 Å². The maximum absolute atomic E-state index is 12.8. The molecule has 4 aromatic rings. The molecule has 0 saturated heterocycles. The highest BCUT2D eigenvalue weighted by Crippen LogP contribution is 2.24. The van der Waals surface area contributed by atoms with E-state index in [1.807, 2.05) is 55.8 Å². The fourth-order valence-corrected chi connectivity index (χ4v) is 3.71. The van der Waals surface area contributed by atoms with Gasteiger partial charge in [-0.25, -0.2) is 0 Å². The Bertz CT molecular complexity index is 1330. The molecule has 0 aliphatic heterocycles. The van der Waals surface area contributed by atoms with Crippen LogP contribution >= 0.6 is 11.6 Å². The number of nitrogens with zero attached hydrogens (tertiary/aromatic N) is 2. The maximum atomic E-state index is 12.8. The summed E-state index contributed by atoms with van der Waals surface area (Å²) in [6, 6.07) is 16.6. The van der Waals surface area contributed by atoms with Gasteiger partial charge in [0, 0.05) is 5.02 Å². The second-order valence-electron chi connectivity index (χ2n) is 7.97. The number of carbonyl (C=O) groups excluding carboxylic acids is 1. The van der Waals surface area contributed by atoms with Gasteiger partial charge in [-0.3, -0.25) is 9.48 Å². The van der Waals surface area contributed by atoms with Crippen molar-refractivity contribution in [3.63, 3.8) is 0 Å².